The molecule has 0 saturated heterocycles. The van der Waals surface area contributed by atoms with E-state index in [0.29, 0.717) is 10.7 Å². The van der Waals surface area contributed by atoms with E-state index in [4.69, 9.17) is 58.0 Å². The van der Waals surface area contributed by atoms with Gasteiger partial charge in [-0.3, -0.25) is 4.79 Å². The van der Waals surface area contributed by atoms with Gasteiger partial charge in [-0.05, 0) is 12.1 Å². The first kappa shape index (κ1) is 13.2. The molecule has 1 amide bonds. The molecule has 0 unspecified atom stereocenters. The van der Waals surface area contributed by atoms with Crippen molar-refractivity contribution in [2.45, 2.75) is 4.84 Å². The lowest BCUT2D eigenvalue weighted by atomic mass is 10.3. The van der Waals surface area contributed by atoms with Crippen LogP contribution in [0, 0.1) is 0 Å². The Labute approximate surface area is 111 Å². The van der Waals surface area contributed by atoms with Crippen molar-refractivity contribution in [2.24, 2.45) is 0 Å². The zero-order chi connectivity index (χ0) is 11.6. The zero-order valence-corrected chi connectivity index (χ0v) is 10.8. The largest absolute Gasteiger partial charge is 0.322 e. The van der Waals surface area contributed by atoms with E-state index in [1.165, 1.54) is 12.1 Å². The van der Waals surface area contributed by atoms with E-state index >= 15 is 0 Å². The van der Waals surface area contributed by atoms with Crippen LogP contribution in [0.15, 0.2) is 12.1 Å². The average molecular weight is 307 g/mol. The monoisotopic (exact) mass is 305 g/mol. The standard InChI is InChI=1S/C8H4Cl5NO/c9-3-1-5(11)6(2-4(3)10)14-8(15)7(12)13/h1-2,7H,(H,14,15). The molecule has 0 fully saturated rings. The van der Waals surface area contributed by atoms with Crippen molar-refractivity contribution in [1.82, 2.24) is 0 Å². The summed E-state index contributed by atoms with van der Waals surface area (Å²) in [5, 5.41) is 3.23. The van der Waals surface area contributed by atoms with E-state index in [1.54, 1.807) is 0 Å². The first-order chi connectivity index (χ1) is 6.91. The maximum atomic E-state index is 11.2. The van der Waals surface area contributed by atoms with E-state index in [1.807, 2.05) is 0 Å². The molecule has 1 rings (SSSR count). The topological polar surface area (TPSA) is 29.1 Å². The van der Waals surface area contributed by atoms with Crippen LogP contribution < -0.4 is 5.32 Å². The van der Waals surface area contributed by atoms with Gasteiger partial charge in [0.15, 0.2) is 4.84 Å². The van der Waals surface area contributed by atoms with Crippen molar-refractivity contribution in [1.29, 1.82) is 0 Å². The lowest BCUT2D eigenvalue weighted by Gasteiger charge is -2.08. The van der Waals surface area contributed by atoms with Crippen LogP contribution in [0.1, 0.15) is 0 Å². The number of nitrogens with one attached hydrogen (secondary N) is 1. The van der Waals surface area contributed by atoms with E-state index in [2.05, 4.69) is 5.32 Å². The molecule has 1 N–H and O–H groups in total. The summed E-state index contributed by atoms with van der Waals surface area (Å²) in [4.78, 5) is 9.98. The Kier molecular flexibility index (Phi) is 4.81. The highest BCUT2D eigenvalue weighted by molar-refractivity contribution is 6.54. The van der Waals surface area contributed by atoms with Gasteiger partial charge in [0, 0.05) is 0 Å². The number of carbonyl (C=O) groups is 1. The highest BCUT2D eigenvalue weighted by atomic mass is 35.5. The summed E-state index contributed by atoms with van der Waals surface area (Å²) < 4.78 is 0. The maximum absolute atomic E-state index is 11.2. The van der Waals surface area contributed by atoms with Gasteiger partial charge in [-0.25, -0.2) is 0 Å². The third kappa shape index (κ3) is 3.58. The van der Waals surface area contributed by atoms with Gasteiger partial charge in [0.1, 0.15) is 0 Å². The van der Waals surface area contributed by atoms with Gasteiger partial charge in [-0.2, -0.15) is 0 Å². The molecule has 1 aromatic carbocycles. The van der Waals surface area contributed by atoms with E-state index in [9.17, 15) is 4.79 Å². The summed E-state index contributed by atoms with van der Waals surface area (Å²) in [5.41, 5.74) is 0.308. The fraction of sp³-hybridized carbons (Fsp3) is 0.125. The van der Waals surface area contributed by atoms with Crippen molar-refractivity contribution >= 4 is 69.6 Å². The average Bonchev–Trinajstić information content (AvgIpc) is 2.13. The van der Waals surface area contributed by atoms with Crippen molar-refractivity contribution in [3.8, 4) is 0 Å². The maximum Gasteiger partial charge on any atom is 0.257 e. The Morgan fingerprint density at radius 2 is 1.60 bits per heavy atom. The summed E-state index contributed by atoms with van der Waals surface area (Å²) in [7, 11) is 0. The number of rotatable bonds is 2. The van der Waals surface area contributed by atoms with Crippen molar-refractivity contribution < 1.29 is 4.79 Å². The van der Waals surface area contributed by atoms with Gasteiger partial charge in [0.2, 0.25) is 0 Å². The van der Waals surface area contributed by atoms with E-state index < -0.39 is 10.7 Å². The number of hydrogen-bond acceptors (Lipinski definition) is 1. The molecule has 0 saturated carbocycles. The lowest BCUT2D eigenvalue weighted by molar-refractivity contribution is -0.114. The van der Waals surface area contributed by atoms with Crippen LogP contribution in [0.25, 0.3) is 0 Å². The van der Waals surface area contributed by atoms with Gasteiger partial charge in [0.25, 0.3) is 5.91 Å². The molecule has 15 heavy (non-hydrogen) atoms. The number of benzene rings is 1. The smallest absolute Gasteiger partial charge is 0.257 e. The molecule has 0 aliphatic heterocycles. The number of carbonyl (C=O) groups excluding carboxylic acids is 1. The summed E-state index contributed by atoms with van der Waals surface area (Å²) in [5.74, 6) is -0.585. The second-order valence-electron chi connectivity index (χ2n) is 2.54. The van der Waals surface area contributed by atoms with Crippen LogP contribution >= 0.6 is 58.0 Å². The molecular formula is C8H4Cl5NO. The van der Waals surface area contributed by atoms with Crippen molar-refractivity contribution in [3.05, 3.63) is 27.2 Å². The second-order valence-corrected chi connectivity index (χ2v) is 4.85. The first-order valence-corrected chi connectivity index (χ1v) is 5.66. The minimum absolute atomic E-state index is 0.256. The van der Waals surface area contributed by atoms with Crippen LogP contribution in [-0.2, 0) is 4.79 Å². The molecule has 0 aromatic heterocycles. The third-order valence-electron chi connectivity index (χ3n) is 1.47. The molecule has 0 heterocycles. The van der Waals surface area contributed by atoms with Gasteiger partial charge < -0.3 is 5.32 Å². The number of anilines is 1. The van der Waals surface area contributed by atoms with Crippen LogP contribution in [0.2, 0.25) is 15.1 Å². The Morgan fingerprint density at radius 1 is 1.07 bits per heavy atom. The van der Waals surface area contributed by atoms with E-state index in [0.717, 1.165) is 0 Å². The predicted molar refractivity (Wildman–Crippen MR) is 65.6 cm³/mol. The van der Waals surface area contributed by atoms with Crippen molar-refractivity contribution in [2.75, 3.05) is 5.32 Å². The van der Waals surface area contributed by atoms with Crippen LogP contribution in [0.4, 0.5) is 5.69 Å². The van der Waals surface area contributed by atoms with Gasteiger partial charge in [-0.1, -0.05) is 58.0 Å². The molecular weight excluding hydrogens is 303 g/mol. The van der Waals surface area contributed by atoms with Gasteiger partial charge in [-0.15, -0.1) is 0 Å². The predicted octanol–water partition coefficient (Wildman–Crippen LogP) is 4.39. The fourth-order valence-electron chi connectivity index (χ4n) is 0.806. The first-order valence-electron chi connectivity index (χ1n) is 3.65. The van der Waals surface area contributed by atoms with Crippen LogP contribution in [-0.4, -0.2) is 10.7 Å². The highest BCUT2D eigenvalue weighted by Crippen LogP contribution is 2.32. The Hall–Kier alpha value is 0.140. The number of halogens is 5. The van der Waals surface area contributed by atoms with Crippen LogP contribution in [0.5, 0.6) is 0 Å². The molecule has 0 radical (unpaired) electrons. The molecule has 0 aliphatic rings. The Bertz CT molecular complexity index is 393. The summed E-state index contributed by atoms with van der Waals surface area (Å²) in [6.45, 7) is 0. The highest BCUT2D eigenvalue weighted by Gasteiger charge is 2.14. The second kappa shape index (κ2) is 5.46. The Morgan fingerprint density at radius 3 is 2.13 bits per heavy atom. The minimum atomic E-state index is -1.17. The summed E-state index contributed by atoms with van der Waals surface area (Å²) in [6.07, 6.45) is 0. The zero-order valence-electron chi connectivity index (χ0n) is 7.03. The van der Waals surface area contributed by atoms with E-state index in [-0.39, 0.29) is 10.0 Å². The normalized spacial score (nSPS) is 10.5. The number of hydrogen-bond donors (Lipinski definition) is 1. The van der Waals surface area contributed by atoms with Gasteiger partial charge in [0.05, 0.1) is 20.8 Å². The molecule has 82 valence electrons. The molecule has 2 nitrogen and oxygen atoms in total. The summed E-state index contributed by atoms with van der Waals surface area (Å²) in [6, 6.07) is 2.83. The minimum Gasteiger partial charge on any atom is -0.322 e. The molecule has 7 heteroatoms. The fourth-order valence-corrected chi connectivity index (χ4v) is 1.51. The lowest BCUT2D eigenvalue weighted by Crippen LogP contribution is -2.18. The van der Waals surface area contributed by atoms with Crippen molar-refractivity contribution in [3.63, 3.8) is 0 Å². The molecule has 1 aromatic rings. The molecule has 0 atom stereocenters. The van der Waals surface area contributed by atoms with Crippen LogP contribution in [0.3, 0.4) is 0 Å². The molecule has 0 aliphatic carbocycles. The number of alkyl halides is 2. The third-order valence-corrected chi connectivity index (χ3v) is 2.90. The molecule has 0 spiro atoms. The number of amides is 1. The SMILES string of the molecule is O=C(Nc1cc(Cl)c(Cl)cc1Cl)C(Cl)Cl. The Balaban J connectivity index is 2.96. The quantitative estimate of drug-likeness (QED) is 0.637. The van der Waals surface area contributed by atoms with Gasteiger partial charge >= 0.3 is 0 Å². The summed E-state index contributed by atoms with van der Waals surface area (Å²) >= 11 is 28.0. The molecule has 0 bridgehead atoms.